The van der Waals surface area contributed by atoms with Crippen molar-refractivity contribution in [1.29, 1.82) is 0 Å². The standard InChI is InChI=1S/C47H50N4O14/c1-24-30(63-43(59)34(54)32(27-16-10-7-11-17-27)49-41(57)28-18-12-8-13-19-28)22-47(60)40(64-42(58)29-20-14-9-15-21-29)36-45(6,38(56)35(62-25(2)52)31(24)44(47,4)5)37(55)33(50-51-48)39-46(36,23-61-39)65-26(3)53/h7-21,30,32-37,39-40,54-55,60H,22-23H2,1-6H3,(H,49,57)/t30-,32-,33+,34+,35+,36-,37+,39+,40-,45-,46+,47-/m0/s1. The first-order valence-corrected chi connectivity index (χ1v) is 21.0. The second-order valence-corrected chi connectivity index (χ2v) is 17.7. The molecule has 1 aliphatic heterocycles. The van der Waals surface area contributed by atoms with Crippen LogP contribution in [0, 0.1) is 16.7 Å². The second kappa shape index (κ2) is 17.5. The van der Waals surface area contributed by atoms with Crippen LogP contribution >= 0.6 is 0 Å². The monoisotopic (exact) mass is 894 g/mol. The number of nitrogens with one attached hydrogen (secondary N) is 1. The van der Waals surface area contributed by atoms with Gasteiger partial charge >= 0.3 is 23.9 Å². The van der Waals surface area contributed by atoms with Crippen molar-refractivity contribution < 1.29 is 67.8 Å². The van der Waals surface area contributed by atoms with Crippen molar-refractivity contribution in [2.24, 2.45) is 21.9 Å². The summed E-state index contributed by atoms with van der Waals surface area (Å²) in [5, 5.41) is 44.4. The molecule has 342 valence electrons. The lowest BCUT2D eigenvalue weighted by molar-refractivity contribution is -0.350. The summed E-state index contributed by atoms with van der Waals surface area (Å²) in [6, 6.07) is 20.9. The zero-order chi connectivity index (χ0) is 47.2. The van der Waals surface area contributed by atoms with Gasteiger partial charge in [-0.2, -0.15) is 0 Å². The molecule has 3 aliphatic carbocycles. The van der Waals surface area contributed by atoms with Crippen LogP contribution in [0.2, 0.25) is 0 Å². The van der Waals surface area contributed by atoms with Gasteiger partial charge in [0.25, 0.3) is 5.91 Å². The number of carbonyl (C=O) groups excluding carboxylic acids is 6. The number of aliphatic hydroxyl groups excluding tert-OH is 2. The van der Waals surface area contributed by atoms with Crippen molar-refractivity contribution in [1.82, 2.24) is 5.32 Å². The minimum Gasteiger partial charge on any atom is -0.456 e. The summed E-state index contributed by atoms with van der Waals surface area (Å²) in [5.41, 5.74) is 1.58. The molecule has 1 saturated heterocycles. The molecule has 0 spiro atoms. The fraction of sp³-hybridized carbons (Fsp3) is 0.447. The number of carbonyl (C=O) groups is 6. The zero-order valence-electron chi connectivity index (χ0n) is 36.4. The number of azide groups is 1. The molecule has 3 aromatic carbocycles. The van der Waals surface area contributed by atoms with Gasteiger partial charge in [-0.1, -0.05) is 85.7 Å². The molecule has 65 heavy (non-hydrogen) atoms. The van der Waals surface area contributed by atoms with E-state index in [-0.39, 0.29) is 22.3 Å². The number of rotatable bonds is 11. The summed E-state index contributed by atoms with van der Waals surface area (Å²) < 4.78 is 30.2. The molecular formula is C47H50N4O14. The Bertz CT molecular complexity index is 2460. The Kier molecular flexibility index (Phi) is 12.5. The zero-order valence-corrected chi connectivity index (χ0v) is 36.4. The van der Waals surface area contributed by atoms with Gasteiger partial charge in [0, 0.05) is 36.2 Å². The van der Waals surface area contributed by atoms with E-state index in [9.17, 15) is 44.8 Å². The largest absolute Gasteiger partial charge is 0.456 e. The molecule has 0 aromatic heterocycles. The van der Waals surface area contributed by atoms with Crippen molar-refractivity contribution in [3.63, 3.8) is 0 Å². The Morgan fingerprint density at radius 2 is 1.46 bits per heavy atom. The van der Waals surface area contributed by atoms with Crippen LogP contribution < -0.4 is 5.32 Å². The van der Waals surface area contributed by atoms with Crippen LogP contribution in [0.25, 0.3) is 10.4 Å². The predicted octanol–water partition coefficient (Wildman–Crippen LogP) is 4.02. The number of ketones is 1. The van der Waals surface area contributed by atoms with Gasteiger partial charge < -0.3 is 44.3 Å². The average molecular weight is 895 g/mol. The molecule has 7 rings (SSSR count). The van der Waals surface area contributed by atoms with Gasteiger partial charge in [-0.05, 0) is 60.4 Å². The summed E-state index contributed by atoms with van der Waals surface area (Å²) in [5.74, 6) is -7.56. The maximum Gasteiger partial charge on any atom is 0.338 e. The summed E-state index contributed by atoms with van der Waals surface area (Å²) in [6.45, 7) is 7.36. The van der Waals surface area contributed by atoms with E-state index in [4.69, 9.17) is 23.7 Å². The first kappa shape index (κ1) is 46.6. The normalized spacial score (nSPS) is 31.9. The van der Waals surface area contributed by atoms with Crippen molar-refractivity contribution in [3.05, 3.63) is 129 Å². The number of esters is 4. The van der Waals surface area contributed by atoms with Crippen molar-refractivity contribution in [3.8, 4) is 0 Å². The summed E-state index contributed by atoms with van der Waals surface area (Å²) in [7, 11) is 0. The molecule has 4 N–H and O–H groups in total. The lowest BCUT2D eigenvalue weighted by Gasteiger charge is -2.68. The highest BCUT2D eigenvalue weighted by Gasteiger charge is 2.80. The van der Waals surface area contributed by atoms with E-state index >= 15 is 4.79 Å². The quantitative estimate of drug-likeness (QED) is 0.0529. The SMILES string of the molecule is CC(=O)O[C@H]1C(=O)[C@]2(C)[C@H](O)[C@@H](N=[N+]=[N-])[C@H]3OC[C@@]3(OC(C)=O)[C@H]2[C@H](OC(=O)c2ccccc2)[C@@]2(O)C[C@H](OC(=O)[C@H](O)[C@@H](NC(=O)c3ccccc3)c3ccccc3)C(C)=C1C2(C)C. The van der Waals surface area contributed by atoms with Gasteiger partial charge in [-0.3, -0.25) is 19.2 Å². The topological polar surface area (TPSA) is 270 Å². The van der Waals surface area contributed by atoms with Crippen LogP contribution in [-0.4, -0.2) is 111 Å². The maximum absolute atomic E-state index is 15.7. The highest BCUT2D eigenvalue weighted by Crippen LogP contribution is 2.65. The molecule has 12 atom stereocenters. The highest BCUT2D eigenvalue weighted by molar-refractivity contribution is 5.96. The van der Waals surface area contributed by atoms with Crippen LogP contribution in [0.4, 0.5) is 0 Å². The van der Waals surface area contributed by atoms with Crippen LogP contribution in [-0.2, 0) is 42.9 Å². The smallest absolute Gasteiger partial charge is 0.338 e. The van der Waals surface area contributed by atoms with Crippen LogP contribution in [0.1, 0.15) is 80.3 Å². The van der Waals surface area contributed by atoms with E-state index in [0.717, 1.165) is 13.8 Å². The Labute approximate surface area is 373 Å². The van der Waals surface area contributed by atoms with E-state index < -0.39 is 125 Å². The maximum atomic E-state index is 15.7. The molecule has 3 fully saturated rings. The number of nitrogens with zero attached hydrogens (tertiary/aromatic N) is 3. The van der Waals surface area contributed by atoms with Crippen molar-refractivity contribution in [2.75, 3.05) is 6.61 Å². The van der Waals surface area contributed by atoms with Gasteiger partial charge in [-0.25, -0.2) is 9.59 Å². The first-order valence-electron chi connectivity index (χ1n) is 21.0. The Morgan fingerprint density at radius 3 is 2.00 bits per heavy atom. The lowest BCUT2D eigenvalue weighted by atomic mass is 9.44. The summed E-state index contributed by atoms with van der Waals surface area (Å²) in [4.78, 5) is 87.0. The Balaban J connectivity index is 1.42. The third kappa shape index (κ3) is 7.74. The second-order valence-electron chi connectivity index (χ2n) is 17.7. The minimum atomic E-state index is -2.51. The molecule has 0 radical (unpaired) electrons. The number of Topliss-reactive ketones (excluding diaryl/α,β-unsaturated/α-hetero) is 1. The van der Waals surface area contributed by atoms with Gasteiger partial charge in [0.05, 0.1) is 41.7 Å². The fourth-order valence-corrected chi connectivity index (χ4v) is 10.5. The molecule has 0 unspecified atom stereocenters. The Hall–Kier alpha value is -6.43. The van der Waals surface area contributed by atoms with Crippen molar-refractivity contribution in [2.45, 2.75) is 108 Å². The number of aliphatic hydroxyl groups is 3. The van der Waals surface area contributed by atoms with E-state index in [1.807, 2.05) is 0 Å². The molecule has 18 heteroatoms. The van der Waals surface area contributed by atoms with Crippen LogP contribution in [0.3, 0.4) is 0 Å². The molecule has 18 nitrogen and oxygen atoms in total. The van der Waals surface area contributed by atoms with Gasteiger partial charge in [0.1, 0.15) is 23.9 Å². The molecule has 4 aliphatic rings. The summed E-state index contributed by atoms with van der Waals surface area (Å²) in [6.07, 6.45) is -11.7. The fourth-order valence-electron chi connectivity index (χ4n) is 10.5. The molecule has 1 amide bonds. The van der Waals surface area contributed by atoms with Gasteiger partial charge in [-0.15, -0.1) is 0 Å². The van der Waals surface area contributed by atoms with E-state index in [2.05, 4.69) is 15.3 Å². The predicted molar refractivity (Wildman–Crippen MR) is 226 cm³/mol. The molecule has 2 saturated carbocycles. The van der Waals surface area contributed by atoms with Crippen LogP contribution in [0.5, 0.6) is 0 Å². The third-order valence-electron chi connectivity index (χ3n) is 13.7. The van der Waals surface area contributed by atoms with Gasteiger partial charge in [0.2, 0.25) is 0 Å². The first-order chi connectivity index (χ1) is 30.7. The Morgan fingerprint density at radius 1 is 0.877 bits per heavy atom. The van der Waals surface area contributed by atoms with Crippen molar-refractivity contribution >= 4 is 35.6 Å². The number of hydrogen-bond acceptors (Lipinski definition) is 15. The summed E-state index contributed by atoms with van der Waals surface area (Å²) >= 11 is 0. The number of ether oxygens (including phenoxy) is 5. The molecule has 2 bridgehead atoms. The number of fused-ring (bicyclic) bond motifs is 5. The van der Waals surface area contributed by atoms with Gasteiger partial charge in [0.15, 0.2) is 23.6 Å². The number of hydrogen-bond donors (Lipinski definition) is 4. The van der Waals surface area contributed by atoms with E-state index in [0.29, 0.717) is 5.56 Å². The molecular weight excluding hydrogens is 845 g/mol. The minimum absolute atomic E-state index is 0.00593. The number of benzene rings is 3. The van der Waals surface area contributed by atoms with Crippen LogP contribution in [0.15, 0.2) is 107 Å². The lowest BCUT2D eigenvalue weighted by Crippen LogP contribution is -2.84. The van der Waals surface area contributed by atoms with E-state index in [1.54, 1.807) is 78.9 Å². The van der Waals surface area contributed by atoms with E-state index in [1.165, 1.54) is 39.8 Å². The highest BCUT2D eigenvalue weighted by atomic mass is 16.6. The molecule has 3 aromatic rings. The average Bonchev–Trinajstić information content (AvgIpc) is 3.27. The molecule has 1 heterocycles. The third-order valence-corrected chi connectivity index (χ3v) is 13.7. The number of amides is 1.